The molecule has 0 radical (unpaired) electrons. The van der Waals surface area contributed by atoms with Gasteiger partial charge in [0.25, 0.3) is 5.56 Å². The molecule has 0 saturated carbocycles. The molecule has 2 aromatic heterocycles. The molecule has 1 amide bonds. The Kier molecular flexibility index (Phi) is 6.53. The van der Waals surface area contributed by atoms with Gasteiger partial charge in [-0.1, -0.05) is 19.9 Å². The molecule has 1 aromatic carbocycles. The Morgan fingerprint density at radius 2 is 1.94 bits per heavy atom. The maximum absolute atomic E-state index is 13.3. The van der Waals surface area contributed by atoms with Gasteiger partial charge in [-0.25, -0.2) is 9.36 Å². The molecule has 0 aliphatic carbocycles. The van der Waals surface area contributed by atoms with Gasteiger partial charge < -0.3 is 10.1 Å². The highest BCUT2D eigenvalue weighted by atomic mass is 16.5. The summed E-state index contributed by atoms with van der Waals surface area (Å²) in [7, 11) is 0. The van der Waals surface area contributed by atoms with E-state index in [4.69, 9.17) is 4.74 Å². The van der Waals surface area contributed by atoms with Gasteiger partial charge >= 0.3 is 5.97 Å². The average molecular weight is 425 g/mol. The van der Waals surface area contributed by atoms with Crippen LogP contribution in [0.25, 0.3) is 16.6 Å². The fourth-order valence-corrected chi connectivity index (χ4v) is 3.25. The summed E-state index contributed by atoms with van der Waals surface area (Å²) in [5.74, 6) is -1.04. The molecule has 0 aliphatic heterocycles. The molecule has 0 bridgehead atoms. The molecule has 1 N–H and O–H groups in total. The monoisotopic (exact) mass is 425 g/mol. The van der Waals surface area contributed by atoms with Crippen molar-refractivity contribution in [3.63, 3.8) is 0 Å². The number of rotatable bonds is 7. The second-order valence-electron chi connectivity index (χ2n) is 7.67. The lowest BCUT2D eigenvalue weighted by atomic mass is 10.1. The van der Waals surface area contributed by atoms with Crippen LogP contribution < -0.4 is 10.9 Å². The molecule has 31 heavy (non-hydrogen) atoms. The van der Waals surface area contributed by atoms with Crippen LogP contribution >= 0.6 is 0 Å². The van der Waals surface area contributed by atoms with Gasteiger partial charge in [0.2, 0.25) is 5.91 Å². The van der Waals surface area contributed by atoms with Crippen molar-refractivity contribution >= 4 is 22.8 Å². The first kappa shape index (κ1) is 22.2. The molecule has 2 heterocycles. The summed E-state index contributed by atoms with van der Waals surface area (Å²) in [5.41, 5.74) is 3.58. The second-order valence-corrected chi connectivity index (χ2v) is 7.67. The van der Waals surface area contributed by atoms with E-state index in [0.29, 0.717) is 16.6 Å². The predicted molar refractivity (Wildman–Crippen MR) is 116 cm³/mol. The van der Waals surface area contributed by atoms with Crippen LogP contribution in [0.15, 0.2) is 29.2 Å². The Bertz CT molecular complexity index is 1190. The maximum atomic E-state index is 13.3. The number of esters is 1. The molecule has 3 aromatic rings. The first-order valence-corrected chi connectivity index (χ1v) is 10.2. The van der Waals surface area contributed by atoms with Gasteiger partial charge in [0, 0.05) is 5.39 Å². The van der Waals surface area contributed by atoms with E-state index >= 15 is 0 Å². The Hall–Kier alpha value is -3.49. The van der Waals surface area contributed by atoms with Crippen LogP contribution in [-0.2, 0) is 20.9 Å². The van der Waals surface area contributed by atoms with Crippen molar-refractivity contribution in [2.75, 3.05) is 13.2 Å². The predicted octanol–water partition coefficient (Wildman–Crippen LogP) is 2.00. The van der Waals surface area contributed by atoms with Gasteiger partial charge in [-0.05, 0) is 49.9 Å². The lowest BCUT2D eigenvalue weighted by molar-refractivity contribution is -0.143. The third-order valence-corrected chi connectivity index (χ3v) is 5.02. The fraction of sp³-hybridized carbons (Fsp3) is 0.409. The quantitative estimate of drug-likeness (QED) is 0.580. The van der Waals surface area contributed by atoms with Crippen molar-refractivity contribution in [2.24, 2.45) is 0 Å². The third-order valence-electron chi connectivity index (χ3n) is 5.02. The number of benzene rings is 1. The van der Waals surface area contributed by atoms with E-state index in [9.17, 15) is 14.4 Å². The zero-order valence-electron chi connectivity index (χ0n) is 18.4. The maximum Gasteiger partial charge on any atom is 0.325 e. The van der Waals surface area contributed by atoms with E-state index in [1.165, 1.54) is 0 Å². The number of amides is 1. The van der Waals surface area contributed by atoms with Crippen molar-refractivity contribution in [3.8, 4) is 5.69 Å². The SMILES string of the molecule is CCOC(=O)CNC(=O)Cn1nc(C(C)C)c2cnn(-c3ccc(C)c(C)c3)c2c1=O. The Morgan fingerprint density at radius 3 is 2.58 bits per heavy atom. The van der Waals surface area contributed by atoms with Crippen LogP contribution in [-0.4, -0.2) is 44.6 Å². The van der Waals surface area contributed by atoms with Crippen molar-refractivity contribution in [1.29, 1.82) is 0 Å². The molecule has 0 fully saturated rings. The molecule has 3 rings (SSSR count). The Balaban J connectivity index is 2.04. The molecule has 0 aliphatic rings. The number of aryl methyl sites for hydroxylation is 2. The number of hydrogen-bond donors (Lipinski definition) is 1. The zero-order valence-corrected chi connectivity index (χ0v) is 18.4. The molecular weight excluding hydrogens is 398 g/mol. The largest absolute Gasteiger partial charge is 0.465 e. The summed E-state index contributed by atoms with van der Waals surface area (Å²) in [4.78, 5) is 37.1. The van der Waals surface area contributed by atoms with Gasteiger partial charge in [-0.15, -0.1) is 0 Å². The number of carbonyl (C=O) groups excluding carboxylic acids is 2. The van der Waals surface area contributed by atoms with E-state index in [1.807, 2.05) is 45.9 Å². The Morgan fingerprint density at radius 1 is 1.19 bits per heavy atom. The number of ether oxygens (including phenoxy) is 1. The molecular formula is C22H27N5O4. The number of fused-ring (bicyclic) bond motifs is 1. The molecule has 0 atom stereocenters. The van der Waals surface area contributed by atoms with Gasteiger partial charge in [0.1, 0.15) is 18.6 Å². The normalized spacial score (nSPS) is 11.2. The van der Waals surface area contributed by atoms with Gasteiger partial charge in [-0.2, -0.15) is 10.2 Å². The van der Waals surface area contributed by atoms with E-state index in [-0.39, 0.29) is 25.6 Å². The number of hydrogen-bond acceptors (Lipinski definition) is 6. The topological polar surface area (TPSA) is 108 Å². The van der Waals surface area contributed by atoms with Crippen molar-refractivity contribution in [3.05, 3.63) is 51.6 Å². The van der Waals surface area contributed by atoms with Crippen molar-refractivity contribution in [2.45, 2.75) is 47.1 Å². The smallest absolute Gasteiger partial charge is 0.325 e. The molecule has 9 nitrogen and oxygen atoms in total. The van der Waals surface area contributed by atoms with Crippen LogP contribution in [0.3, 0.4) is 0 Å². The summed E-state index contributed by atoms with van der Waals surface area (Å²) in [6.07, 6.45) is 1.64. The van der Waals surface area contributed by atoms with Crippen LogP contribution in [0.5, 0.6) is 0 Å². The molecule has 0 spiro atoms. The van der Waals surface area contributed by atoms with E-state index < -0.39 is 17.4 Å². The number of nitrogens with zero attached hydrogens (tertiary/aromatic N) is 4. The highest BCUT2D eigenvalue weighted by Gasteiger charge is 2.20. The van der Waals surface area contributed by atoms with Crippen LogP contribution in [0.4, 0.5) is 0 Å². The van der Waals surface area contributed by atoms with Crippen molar-refractivity contribution < 1.29 is 14.3 Å². The number of aromatic nitrogens is 4. The summed E-state index contributed by atoms with van der Waals surface area (Å²) in [6.45, 7) is 9.28. The van der Waals surface area contributed by atoms with Crippen LogP contribution in [0.2, 0.25) is 0 Å². The van der Waals surface area contributed by atoms with Crippen molar-refractivity contribution in [1.82, 2.24) is 24.9 Å². The lowest BCUT2D eigenvalue weighted by Crippen LogP contribution is -2.37. The zero-order chi connectivity index (χ0) is 22.7. The summed E-state index contributed by atoms with van der Waals surface area (Å²) in [6, 6.07) is 5.84. The minimum atomic E-state index is -0.540. The van der Waals surface area contributed by atoms with Gasteiger partial charge in [0.05, 0.1) is 24.2 Å². The third kappa shape index (κ3) is 4.65. The lowest BCUT2D eigenvalue weighted by Gasteiger charge is -2.12. The van der Waals surface area contributed by atoms with Gasteiger partial charge in [0.15, 0.2) is 0 Å². The molecule has 0 saturated heterocycles. The fourth-order valence-electron chi connectivity index (χ4n) is 3.25. The average Bonchev–Trinajstić information content (AvgIpc) is 3.16. The minimum Gasteiger partial charge on any atom is -0.465 e. The minimum absolute atomic E-state index is 0.00865. The van der Waals surface area contributed by atoms with E-state index in [0.717, 1.165) is 21.5 Å². The van der Waals surface area contributed by atoms with Crippen LogP contribution in [0, 0.1) is 13.8 Å². The van der Waals surface area contributed by atoms with Crippen LogP contribution in [0.1, 0.15) is 43.5 Å². The molecule has 164 valence electrons. The summed E-state index contributed by atoms with van der Waals surface area (Å²) < 4.78 is 7.51. The highest BCUT2D eigenvalue weighted by molar-refractivity contribution is 5.84. The highest BCUT2D eigenvalue weighted by Crippen LogP contribution is 2.23. The summed E-state index contributed by atoms with van der Waals surface area (Å²) >= 11 is 0. The number of carbonyl (C=O) groups is 2. The molecule has 0 unspecified atom stereocenters. The first-order chi connectivity index (χ1) is 14.7. The number of nitrogens with one attached hydrogen (secondary N) is 1. The second kappa shape index (κ2) is 9.11. The van der Waals surface area contributed by atoms with E-state index in [2.05, 4.69) is 15.5 Å². The Labute approximate surface area is 180 Å². The van der Waals surface area contributed by atoms with E-state index in [1.54, 1.807) is 17.8 Å². The molecule has 9 heteroatoms. The summed E-state index contributed by atoms with van der Waals surface area (Å²) in [5, 5.41) is 12.0. The first-order valence-electron chi connectivity index (χ1n) is 10.2. The standard InChI is InChI=1S/C22H27N5O4/c1-6-31-19(29)11-23-18(28)12-26-22(30)21-17(20(25-26)13(2)3)10-24-27(21)16-8-7-14(4)15(5)9-16/h7-10,13H,6,11-12H2,1-5H3,(H,23,28). The van der Waals surface area contributed by atoms with Gasteiger partial charge in [-0.3, -0.25) is 14.4 Å².